The van der Waals surface area contributed by atoms with E-state index in [1.807, 2.05) is 100 Å². The molecular weight excluding hydrogens is 991 g/mol. The van der Waals surface area contributed by atoms with Crippen molar-refractivity contribution in [3.05, 3.63) is 125 Å². The van der Waals surface area contributed by atoms with E-state index in [0.29, 0.717) is 67.0 Å². The van der Waals surface area contributed by atoms with Gasteiger partial charge in [-0.05, 0) is 155 Å². The Morgan fingerprint density at radius 3 is 2.42 bits per heavy atom. The summed E-state index contributed by atoms with van der Waals surface area (Å²) in [5, 5.41) is 11.7. The number of rotatable bonds is 14. The summed E-state index contributed by atoms with van der Waals surface area (Å²) in [7, 11) is 1.91. The van der Waals surface area contributed by atoms with Crippen LogP contribution in [0.15, 0.2) is 91.0 Å². The minimum atomic E-state index is -0.729. The van der Waals surface area contributed by atoms with Crippen LogP contribution in [0.4, 0.5) is 16.6 Å². The molecule has 11 rings (SSSR count). The van der Waals surface area contributed by atoms with Gasteiger partial charge in [-0.15, -0.1) is 0 Å². The molecule has 1 unspecified atom stereocenters. The number of carbonyl (C=O) groups is 4. The summed E-state index contributed by atoms with van der Waals surface area (Å²) < 4.78 is 21.7. The van der Waals surface area contributed by atoms with Gasteiger partial charge in [-0.3, -0.25) is 34.6 Å². The van der Waals surface area contributed by atoms with Gasteiger partial charge in [-0.1, -0.05) is 41.7 Å². The summed E-state index contributed by atoms with van der Waals surface area (Å²) >= 11 is 1.45. The number of fused-ring (bicyclic) bond motifs is 3. The van der Waals surface area contributed by atoms with E-state index in [0.717, 1.165) is 126 Å². The zero-order valence-corrected chi connectivity index (χ0v) is 45.4. The average molecular weight is 1060 g/mol. The second-order valence-electron chi connectivity index (χ2n) is 22.0. The van der Waals surface area contributed by atoms with Crippen molar-refractivity contribution in [2.75, 3.05) is 67.6 Å². The first-order chi connectivity index (χ1) is 37.2. The number of thiazole rings is 1. The SMILES string of the molecule is Cc1cc(OC2CCC(COCCN3CCN(c4ccc5c(C6CCC(=O)NC6=O)nn(C)c5c4)CC3)CC2)ccc1-c1ccc(N2CCc3cccc(C(=O)Nc4nc5ccccc5s4)c3C2)nc1C(=O)OC(C)(C)C. The highest BCUT2D eigenvalue weighted by Crippen LogP contribution is 2.37. The minimum Gasteiger partial charge on any atom is -0.490 e. The number of aryl methyl sites for hydroxylation is 2. The first-order valence-corrected chi connectivity index (χ1v) is 27.9. The molecule has 1 atom stereocenters. The van der Waals surface area contributed by atoms with Crippen LogP contribution in [0.2, 0.25) is 0 Å². The van der Waals surface area contributed by atoms with Crippen molar-refractivity contribution in [3.8, 4) is 16.9 Å². The highest BCUT2D eigenvalue weighted by molar-refractivity contribution is 7.22. The fourth-order valence-corrected chi connectivity index (χ4v) is 12.2. The van der Waals surface area contributed by atoms with Gasteiger partial charge in [0.05, 0.1) is 40.1 Å². The minimum absolute atomic E-state index is 0.116. The van der Waals surface area contributed by atoms with Gasteiger partial charge in [0.15, 0.2) is 10.8 Å². The number of aromatic nitrogens is 4. The van der Waals surface area contributed by atoms with Crippen molar-refractivity contribution in [3.63, 3.8) is 0 Å². The number of hydrogen-bond acceptors (Lipinski definition) is 14. The number of carbonyl (C=O) groups excluding carboxylic acids is 4. The van der Waals surface area contributed by atoms with Crippen LogP contribution >= 0.6 is 11.3 Å². The lowest BCUT2D eigenvalue weighted by molar-refractivity contribution is -0.134. The molecule has 3 fully saturated rings. The van der Waals surface area contributed by atoms with Crippen LogP contribution in [-0.2, 0) is 39.1 Å². The van der Waals surface area contributed by atoms with E-state index >= 15 is 0 Å². The van der Waals surface area contributed by atoms with Gasteiger partial charge < -0.3 is 24.0 Å². The Morgan fingerprint density at radius 1 is 0.831 bits per heavy atom. The molecule has 3 aliphatic heterocycles. The number of benzene rings is 4. The molecule has 400 valence electrons. The number of amides is 3. The van der Waals surface area contributed by atoms with Crippen molar-refractivity contribution in [2.24, 2.45) is 13.0 Å². The van der Waals surface area contributed by atoms with Gasteiger partial charge in [0.1, 0.15) is 17.2 Å². The summed E-state index contributed by atoms with van der Waals surface area (Å²) in [6, 6.07) is 30.1. The quantitative estimate of drug-likeness (QED) is 0.0600. The Labute approximate surface area is 453 Å². The average Bonchev–Trinajstić information content (AvgIpc) is 4.03. The number of piperazine rings is 1. The maximum Gasteiger partial charge on any atom is 0.358 e. The van der Waals surface area contributed by atoms with Gasteiger partial charge in [0, 0.05) is 88.1 Å². The topological polar surface area (TPSA) is 173 Å². The fraction of sp³-hybridized carbons (Fsp3) is 0.417. The van der Waals surface area contributed by atoms with E-state index < -0.39 is 17.5 Å². The van der Waals surface area contributed by atoms with E-state index in [2.05, 4.69) is 60.6 Å². The lowest BCUT2D eigenvalue weighted by Gasteiger charge is -2.36. The van der Waals surface area contributed by atoms with Gasteiger partial charge in [-0.25, -0.2) is 14.8 Å². The number of piperidine rings is 1. The van der Waals surface area contributed by atoms with Crippen molar-refractivity contribution in [1.82, 2.24) is 30.0 Å². The molecule has 0 spiro atoms. The van der Waals surface area contributed by atoms with Crippen LogP contribution in [0.25, 0.3) is 32.2 Å². The van der Waals surface area contributed by atoms with E-state index in [1.165, 1.54) is 11.3 Å². The molecule has 4 aromatic carbocycles. The van der Waals surface area contributed by atoms with E-state index in [1.54, 1.807) is 0 Å². The van der Waals surface area contributed by atoms with Crippen LogP contribution in [0.5, 0.6) is 5.75 Å². The Bertz CT molecular complexity index is 3330. The number of anilines is 3. The number of esters is 1. The van der Waals surface area contributed by atoms with Crippen LogP contribution in [0, 0.1) is 12.8 Å². The smallest absolute Gasteiger partial charge is 0.358 e. The molecule has 1 saturated carbocycles. The Balaban J connectivity index is 0.661. The van der Waals surface area contributed by atoms with E-state index in [-0.39, 0.29) is 29.5 Å². The van der Waals surface area contributed by atoms with Crippen molar-refractivity contribution in [1.29, 1.82) is 0 Å². The number of para-hydroxylation sites is 1. The lowest BCUT2D eigenvalue weighted by atomic mass is 9.88. The molecule has 7 aromatic rings. The fourth-order valence-electron chi connectivity index (χ4n) is 11.4. The molecule has 3 amide bonds. The lowest BCUT2D eigenvalue weighted by Crippen LogP contribution is -2.47. The van der Waals surface area contributed by atoms with Gasteiger partial charge in [0.25, 0.3) is 5.91 Å². The zero-order valence-electron chi connectivity index (χ0n) is 44.6. The highest BCUT2D eigenvalue weighted by Gasteiger charge is 2.33. The Morgan fingerprint density at radius 2 is 1.64 bits per heavy atom. The van der Waals surface area contributed by atoms with Crippen molar-refractivity contribution < 1.29 is 33.4 Å². The molecular formula is C60H67N9O7S. The third-order valence-electron chi connectivity index (χ3n) is 15.5. The molecule has 1 aliphatic carbocycles. The normalized spacial score (nSPS) is 19.3. The van der Waals surface area contributed by atoms with E-state index in [9.17, 15) is 19.2 Å². The molecule has 6 heterocycles. The zero-order chi connectivity index (χ0) is 53.4. The molecule has 17 heteroatoms. The predicted octanol–water partition coefficient (Wildman–Crippen LogP) is 9.62. The molecule has 16 nitrogen and oxygen atoms in total. The number of imide groups is 1. The third kappa shape index (κ3) is 11.6. The predicted molar refractivity (Wildman–Crippen MR) is 300 cm³/mol. The third-order valence-corrected chi connectivity index (χ3v) is 16.4. The van der Waals surface area contributed by atoms with E-state index in [4.69, 9.17) is 24.3 Å². The van der Waals surface area contributed by atoms with Crippen molar-refractivity contribution in [2.45, 2.75) is 96.8 Å². The molecule has 0 radical (unpaired) electrons. The monoisotopic (exact) mass is 1060 g/mol. The molecule has 2 N–H and O–H groups in total. The summed E-state index contributed by atoms with van der Waals surface area (Å²) in [5.74, 6) is 0.348. The van der Waals surface area contributed by atoms with Gasteiger partial charge in [-0.2, -0.15) is 5.10 Å². The summed E-state index contributed by atoms with van der Waals surface area (Å²) in [4.78, 5) is 68.8. The van der Waals surface area contributed by atoms with Crippen LogP contribution in [0.1, 0.15) is 108 Å². The molecule has 3 aromatic heterocycles. The maximum atomic E-state index is 14.0. The molecule has 77 heavy (non-hydrogen) atoms. The Kier molecular flexibility index (Phi) is 14.8. The largest absolute Gasteiger partial charge is 0.490 e. The maximum absolute atomic E-state index is 14.0. The number of nitrogens with zero attached hydrogens (tertiary/aromatic N) is 7. The van der Waals surface area contributed by atoms with Crippen LogP contribution in [0.3, 0.4) is 0 Å². The molecule has 4 aliphatic rings. The van der Waals surface area contributed by atoms with Crippen LogP contribution in [-0.4, -0.2) is 113 Å². The summed E-state index contributed by atoms with van der Waals surface area (Å²) in [5.41, 5.74) is 8.40. The first kappa shape index (κ1) is 51.9. The highest BCUT2D eigenvalue weighted by atomic mass is 32.1. The first-order valence-electron chi connectivity index (χ1n) is 27.1. The standard InChI is InChI=1S/C60H67N9O7S/c1-37-33-42(75-41-16-13-38(14-17-41)36-74-32-31-67-27-29-68(30-28-67)40-15-19-46-50(34-40)66(5)65-54(46)47-22-24-53(70)63-57(47)72)18-20-43(37)44-21-23-52(62-55(44)58(73)76-60(2,3)4)69-26-25-39-9-8-10-45(48(39)35-69)56(71)64-59-61-49-11-6-7-12-51(49)77-59/h6-12,15,18-21,23,33-34,38,41,47H,13-14,16-17,22,24-32,35-36H2,1-5H3,(H,61,64,71)(H,63,70,72). The van der Waals surface area contributed by atoms with Gasteiger partial charge >= 0.3 is 5.97 Å². The van der Waals surface area contributed by atoms with Gasteiger partial charge in [0.2, 0.25) is 11.8 Å². The molecule has 0 bridgehead atoms. The number of hydrogen-bond donors (Lipinski definition) is 2. The Hall–Kier alpha value is -7.21. The number of pyridine rings is 1. The van der Waals surface area contributed by atoms with Crippen LogP contribution < -0.4 is 25.2 Å². The second-order valence-corrected chi connectivity index (χ2v) is 23.0. The number of ether oxygens (including phenoxy) is 3. The molecule has 2 saturated heterocycles. The summed E-state index contributed by atoms with van der Waals surface area (Å²) in [6.07, 6.45) is 5.67. The number of nitrogens with one attached hydrogen (secondary N) is 2. The van der Waals surface area contributed by atoms with Crippen molar-refractivity contribution >= 4 is 72.8 Å². The summed E-state index contributed by atoms with van der Waals surface area (Å²) in [6.45, 7) is 14.9. The second kappa shape index (κ2) is 22.0.